The Morgan fingerprint density at radius 2 is 1.83 bits per heavy atom. The number of hydrogen-bond acceptors (Lipinski definition) is 7. The minimum Gasteiger partial charge on any atom is -0.490 e. The van der Waals surface area contributed by atoms with E-state index in [-0.39, 0.29) is 41.1 Å². The maximum absolute atomic E-state index is 12.4. The Morgan fingerprint density at radius 1 is 1.09 bits per heavy atom. The van der Waals surface area contributed by atoms with Crippen LogP contribution in [-0.4, -0.2) is 47.9 Å². The smallest absolute Gasteiger partial charge is 0.260 e. The SMILES string of the molecule is NC(=NCCCCc1ccc(OCC(O)CO)c2ccccc12)NC(=O)c1cc(Cl)c(N)cc1N. The minimum atomic E-state index is -0.923. The molecule has 0 aromatic heterocycles. The van der Waals surface area contributed by atoms with Crippen molar-refractivity contribution in [2.45, 2.75) is 25.4 Å². The number of hydrogen-bond donors (Lipinski definition) is 6. The molecule has 1 atom stereocenters. The van der Waals surface area contributed by atoms with Crippen LogP contribution in [0.25, 0.3) is 10.8 Å². The minimum absolute atomic E-state index is 0.000587. The first kappa shape index (κ1) is 26.1. The highest BCUT2D eigenvalue weighted by Gasteiger charge is 2.13. The number of carbonyl (C=O) groups excluding carboxylic acids is 1. The monoisotopic (exact) mass is 499 g/mol. The lowest BCUT2D eigenvalue weighted by Gasteiger charge is -2.14. The fourth-order valence-corrected chi connectivity index (χ4v) is 3.73. The van der Waals surface area contributed by atoms with Gasteiger partial charge in [0.25, 0.3) is 5.91 Å². The number of fused-ring (bicyclic) bond motifs is 1. The lowest BCUT2D eigenvalue weighted by molar-refractivity contribution is 0.0541. The number of aliphatic hydroxyl groups excluding tert-OH is 2. The molecule has 186 valence electrons. The van der Waals surface area contributed by atoms with E-state index in [1.807, 2.05) is 36.4 Å². The molecule has 35 heavy (non-hydrogen) atoms. The summed E-state index contributed by atoms with van der Waals surface area (Å²) >= 11 is 5.97. The summed E-state index contributed by atoms with van der Waals surface area (Å²) in [5.41, 5.74) is 19.2. The fraction of sp³-hybridized carbons (Fsp3) is 0.280. The van der Waals surface area contributed by atoms with Crippen LogP contribution in [0.15, 0.2) is 53.5 Å². The zero-order valence-electron chi connectivity index (χ0n) is 19.2. The van der Waals surface area contributed by atoms with E-state index in [0.29, 0.717) is 12.3 Å². The number of aryl methyl sites for hydroxylation is 1. The maximum atomic E-state index is 12.4. The molecule has 0 spiro atoms. The number of nitrogen functional groups attached to an aromatic ring is 2. The molecule has 0 heterocycles. The Labute approximate surface area is 208 Å². The van der Waals surface area contributed by atoms with E-state index in [2.05, 4.69) is 10.3 Å². The molecule has 0 bridgehead atoms. The Hall–Kier alpha value is -3.53. The third-order valence-electron chi connectivity index (χ3n) is 5.41. The van der Waals surface area contributed by atoms with Gasteiger partial charge in [-0.2, -0.15) is 0 Å². The van der Waals surface area contributed by atoms with E-state index in [1.165, 1.54) is 12.1 Å². The van der Waals surface area contributed by atoms with Gasteiger partial charge in [-0.3, -0.25) is 15.1 Å². The first-order valence-corrected chi connectivity index (χ1v) is 11.6. The number of unbranched alkanes of at least 4 members (excludes halogenated alkanes) is 1. The number of benzene rings is 3. The van der Waals surface area contributed by atoms with Gasteiger partial charge in [-0.1, -0.05) is 41.9 Å². The van der Waals surface area contributed by atoms with Gasteiger partial charge in [0.2, 0.25) is 0 Å². The first-order valence-electron chi connectivity index (χ1n) is 11.2. The summed E-state index contributed by atoms with van der Waals surface area (Å²) in [6.45, 7) is 0.118. The third kappa shape index (κ3) is 6.98. The molecule has 0 fully saturated rings. The quantitative estimate of drug-likeness (QED) is 0.108. The van der Waals surface area contributed by atoms with Gasteiger partial charge in [0.1, 0.15) is 18.5 Å². The number of amides is 1. The van der Waals surface area contributed by atoms with E-state index in [9.17, 15) is 9.90 Å². The van der Waals surface area contributed by atoms with Crippen LogP contribution in [0.2, 0.25) is 5.02 Å². The normalized spacial score (nSPS) is 12.5. The number of halogens is 1. The van der Waals surface area contributed by atoms with E-state index >= 15 is 0 Å². The maximum Gasteiger partial charge on any atom is 0.260 e. The van der Waals surface area contributed by atoms with Crippen molar-refractivity contribution in [1.29, 1.82) is 0 Å². The number of nitrogens with one attached hydrogen (secondary N) is 1. The first-order chi connectivity index (χ1) is 16.8. The average molecular weight is 500 g/mol. The Morgan fingerprint density at radius 3 is 2.57 bits per heavy atom. The zero-order chi connectivity index (χ0) is 25.4. The van der Waals surface area contributed by atoms with Crippen LogP contribution in [0.4, 0.5) is 11.4 Å². The standard InChI is InChI=1S/C25H30ClN5O4/c26-20-11-19(21(27)12-22(20)28)24(34)31-25(29)30-10-4-3-5-15-8-9-23(35-14-16(33)13-32)18-7-2-1-6-17(15)18/h1-2,6-9,11-12,16,32-33H,3-5,10,13-14,27-28H2,(H3,29,30,31,34). The second-order valence-corrected chi connectivity index (χ2v) is 8.46. The summed E-state index contributed by atoms with van der Waals surface area (Å²) in [7, 11) is 0. The van der Waals surface area contributed by atoms with Crippen LogP contribution in [-0.2, 0) is 6.42 Å². The van der Waals surface area contributed by atoms with Crippen molar-refractivity contribution < 1.29 is 19.7 Å². The molecule has 0 saturated carbocycles. The number of anilines is 2. The lowest BCUT2D eigenvalue weighted by Crippen LogP contribution is -2.37. The zero-order valence-corrected chi connectivity index (χ0v) is 20.0. The van der Waals surface area contributed by atoms with E-state index in [0.717, 1.165) is 35.6 Å². The number of aliphatic hydroxyl groups is 2. The van der Waals surface area contributed by atoms with Crippen molar-refractivity contribution in [1.82, 2.24) is 5.32 Å². The summed E-state index contributed by atoms with van der Waals surface area (Å²) in [5, 5.41) is 23.3. The molecule has 3 aromatic carbocycles. The lowest BCUT2D eigenvalue weighted by atomic mass is 9.99. The molecule has 9 nitrogen and oxygen atoms in total. The van der Waals surface area contributed by atoms with Crippen molar-refractivity contribution in [3.05, 3.63) is 64.7 Å². The van der Waals surface area contributed by atoms with Crippen molar-refractivity contribution in [3.8, 4) is 5.75 Å². The summed E-state index contributed by atoms with van der Waals surface area (Å²) in [6, 6.07) is 14.6. The molecular weight excluding hydrogens is 470 g/mol. The van der Waals surface area contributed by atoms with Crippen LogP contribution in [0.1, 0.15) is 28.8 Å². The largest absolute Gasteiger partial charge is 0.490 e. The number of ether oxygens (including phenoxy) is 1. The van der Waals surface area contributed by atoms with Gasteiger partial charge in [0.05, 0.1) is 22.9 Å². The van der Waals surface area contributed by atoms with Crippen molar-refractivity contribution in [2.75, 3.05) is 31.2 Å². The molecule has 0 aliphatic heterocycles. The van der Waals surface area contributed by atoms with Crippen molar-refractivity contribution in [3.63, 3.8) is 0 Å². The fourth-order valence-electron chi connectivity index (χ4n) is 3.57. The molecule has 9 N–H and O–H groups in total. The number of aliphatic imine (C=N–C) groups is 1. The number of rotatable bonds is 10. The van der Waals surface area contributed by atoms with Crippen LogP contribution in [0, 0.1) is 0 Å². The van der Waals surface area contributed by atoms with Gasteiger partial charge in [-0.25, -0.2) is 0 Å². The summed E-state index contributed by atoms with van der Waals surface area (Å²) < 4.78 is 5.68. The molecule has 3 rings (SSSR count). The number of guanidine groups is 1. The number of nitrogens with two attached hydrogens (primary N) is 3. The number of nitrogens with zero attached hydrogens (tertiary/aromatic N) is 1. The second-order valence-electron chi connectivity index (χ2n) is 8.05. The van der Waals surface area contributed by atoms with Gasteiger partial charge in [0, 0.05) is 17.6 Å². The Balaban J connectivity index is 1.54. The summed E-state index contributed by atoms with van der Waals surface area (Å²) in [4.78, 5) is 16.6. The Bertz CT molecular complexity index is 1220. The van der Waals surface area contributed by atoms with E-state index in [4.69, 9.17) is 38.6 Å². The number of carbonyl (C=O) groups is 1. The van der Waals surface area contributed by atoms with Gasteiger partial charge in [0.15, 0.2) is 5.96 Å². The van der Waals surface area contributed by atoms with Gasteiger partial charge in [-0.05, 0) is 48.4 Å². The predicted octanol–water partition coefficient (Wildman–Crippen LogP) is 2.46. The van der Waals surface area contributed by atoms with E-state index < -0.39 is 12.0 Å². The summed E-state index contributed by atoms with van der Waals surface area (Å²) in [5.74, 6) is 0.151. The molecule has 0 aliphatic rings. The van der Waals surface area contributed by atoms with Crippen molar-refractivity contribution in [2.24, 2.45) is 10.7 Å². The molecule has 10 heteroatoms. The van der Waals surface area contributed by atoms with E-state index in [1.54, 1.807) is 0 Å². The van der Waals surface area contributed by atoms with Crippen LogP contribution >= 0.6 is 11.6 Å². The molecular formula is C25H30ClN5O4. The van der Waals surface area contributed by atoms with Crippen molar-refractivity contribution >= 4 is 45.6 Å². The molecule has 0 saturated heterocycles. The Kier molecular flexibility index (Phi) is 9.13. The molecule has 3 aromatic rings. The van der Waals surface area contributed by atoms with Gasteiger partial charge in [-0.15, -0.1) is 0 Å². The van der Waals surface area contributed by atoms with Crippen LogP contribution in [0.3, 0.4) is 0 Å². The topological polar surface area (TPSA) is 169 Å². The molecule has 0 aliphatic carbocycles. The van der Waals surface area contributed by atoms with Gasteiger partial charge < -0.3 is 32.2 Å². The highest BCUT2D eigenvalue weighted by atomic mass is 35.5. The van der Waals surface area contributed by atoms with Crippen LogP contribution < -0.4 is 27.3 Å². The van der Waals surface area contributed by atoms with Gasteiger partial charge >= 0.3 is 0 Å². The molecule has 1 amide bonds. The average Bonchev–Trinajstić information content (AvgIpc) is 2.84. The predicted molar refractivity (Wildman–Crippen MR) is 140 cm³/mol. The highest BCUT2D eigenvalue weighted by Crippen LogP contribution is 2.29. The van der Waals surface area contributed by atoms with Crippen LogP contribution in [0.5, 0.6) is 5.75 Å². The highest BCUT2D eigenvalue weighted by molar-refractivity contribution is 6.33. The summed E-state index contributed by atoms with van der Waals surface area (Å²) in [6.07, 6.45) is 1.52. The molecule has 1 unspecified atom stereocenters. The molecule has 0 radical (unpaired) electrons. The third-order valence-corrected chi connectivity index (χ3v) is 5.74. The second kappa shape index (κ2) is 12.3.